The summed E-state index contributed by atoms with van der Waals surface area (Å²) >= 11 is 1.76. The Morgan fingerprint density at radius 1 is 1.53 bits per heavy atom. The second-order valence-electron chi connectivity index (χ2n) is 3.87. The van der Waals surface area contributed by atoms with Crippen molar-refractivity contribution < 1.29 is 0 Å². The first kappa shape index (κ1) is 12.5. The number of nitrogens with zero attached hydrogens (tertiary/aromatic N) is 3. The molecule has 15 heavy (non-hydrogen) atoms. The van der Waals surface area contributed by atoms with Gasteiger partial charge in [0.15, 0.2) is 5.16 Å². The van der Waals surface area contributed by atoms with Gasteiger partial charge >= 0.3 is 0 Å². The summed E-state index contributed by atoms with van der Waals surface area (Å²) in [5.41, 5.74) is 0. The quantitative estimate of drug-likeness (QED) is 0.752. The molecule has 0 fully saturated rings. The van der Waals surface area contributed by atoms with Crippen LogP contribution in [-0.4, -0.2) is 32.6 Å². The lowest BCUT2D eigenvalue weighted by atomic mass is 10.2. The zero-order chi connectivity index (χ0) is 11.3. The third kappa shape index (κ3) is 4.22. The molecule has 0 saturated heterocycles. The van der Waals surface area contributed by atoms with E-state index in [1.807, 2.05) is 11.6 Å². The fourth-order valence-corrected chi connectivity index (χ4v) is 1.96. The summed E-state index contributed by atoms with van der Waals surface area (Å²) in [6, 6.07) is 0.590. The molecule has 0 bridgehead atoms. The first-order chi connectivity index (χ1) is 7.13. The highest BCUT2D eigenvalue weighted by molar-refractivity contribution is 7.99. The third-order valence-corrected chi connectivity index (χ3v) is 3.49. The van der Waals surface area contributed by atoms with E-state index in [4.69, 9.17) is 0 Å². The first-order valence-corrected chi connectivity index (χ1v) is 6.25. The van der Waals surface area contributed by atoms with E-state index in [0.717, 1.165) is 11.7 Å². The minimum atomic E-state index is 0.516. The Hall–Kier alpha value is -0.550. The van der Waals surface area contributed by atoms with Gasteiger partial charge in [-0.1, -0.05) is 25.6 Å². The normalized spacial score (nSPS) is 15.2. The van der Waals surface area contributed by atoms with Crippen molar-refractivity contribution in [2.75, 3.05) is 6.54 Å². The van der Waals surface area contributed by atoms with E-state index in [1.54, 1.807) is 18.1 Å². The van der Waals surface area contributed by atoms with Gasteiger partial charge in [-0.2, -0.15) is 0 Å². The van der Waals surface area contributed by atoms with Crippen molar-refractivity contribution in [3.05, 3.63) is 6.33 Å². The van der Waals surface area contributed by atoms with E-state index in [9.17, 15) is 0 Å². The average Bonchev–Trinajstić information content (AvgIpc) is 2.61. The number of aryl methyl sites for hydroxylation is 1. The van der Waals surface area contributed by atoms with Crippen LogP contribution in [-0.2, 0) is 7.05 Å². The van der Waals surface area contributed by atoms with Crippen LogP contribution >= 0.6 is 11.8 Å². The zero-order valence-corrected chi connectivity index (χ0v) is 10.7. The van der Waals surface area contributed by atoms with Crippen LogP contribution in [0.1, 0.15) is 27.2 Å². The number of aromatic nitrogens is 3. The van der Waals surface area contributed by atoms with Crippen LogP contribution in [0.15, 0.2) is 11.5 Å². The molecule has 0 amide bonds. The van der Waals surface area contributed by atoms with Crippen molar-refractivity contribution in [3.63, 3.8) is 0 Å². The maximum absolute atomic E-state index is 4.05. The van der Waals surface area contributed by atoms with Crippen LogP contribution in [0.4, 0.5) is 0 Å². The summed E-state index contributed by atoms with van der Waals surface area (Å²) in [6.45, 7) is 7.61. The van der Waals surface area contributed by atoms with Gasteiger partial charge in [0.25, 0.3) is 0 Å². The Bertz CT molecular complexity index is 287. The van der Waals surface area contributed by atoms with Crippen molar-refractivity contribution in [1.82, 2.24) is 20.1 Å². The fourth-order valence-electron chi connectivity index (χ4n) is 1.11. The van der Waals surface area contributed by atoms with E-state index < -0.39 is 0 Å². The van der Waals surface area contributed by atoms with Crippen molar-refractivity contribution in [2.24, 2.45) is 7.05 Å². The standard InChI is InChI=1S/C10H20N4S/c1-5-8(2)11-6-9(3)15-10-13-12-7-14(10)4/h7-9,11H,5-6H2,1-4H3. The number of thioether (sulfide) groups is 1. The summed E-state index contributed by atoms with van der Waals surface area (Å²) in [7, 11) is 1.97. The van der Waals surface area contributed by atoms with Gasteiger partial charge < -0.3 is 9.88 Å². The summed E-state index contributed by atoms with van der Waals surface area (Å²) in [5, 5.41) is 12.9. The Labute approximate surface area is 95.9 Å². The van der Waals surface area contributed by atoms with Gasteiger partial charge in [-0.25, -0.2) is 0 Å². The smallest absolute Gasteiger partial charge is 0.191 e. The maximum atomic E-state index is 4.05. The van der Waals surface area contributed by atoms with Gasteiger partial charge in [0, 0.05) is 24.9 Å². The molecular weight excluding hydrogens is 208 g/mol. The lowest BCUT2D eigenvalue weighted by Gasteiger charge is -2.15. The average molecular weight is 228 g/mol. The van der Waals surface area contributed by atoms with Crippen LogP contribution in [0.5, 0.6) is 0 Å². The molecule has 2 unspecified atom stereocenters. The number of hydrogen-bond donors (Lipinski definition) is 1. The fraction of sp³-hybridized carbons (Fsp3) is 0.800. The zero-order valence-electron chi connectivity index (χ0n) is 9.90. The number of rotatable bonds is 6. The lowest BCUT2D eigenvalue weighted by molar-refractivity contribution is 0.536. The molecular formula is C10H20N4S. The van der Waals surface area contributed by atoms with Crippen molar-refractivity contribution in [1.29, 1.82) is 0 Å². The molecule has 1 N–H and O–H groups in total. The van der Waals surface area contributed by atoms with Gasteiger partial charge in [0.05, 0.1) is 0 Å². The summed E-state index contributed by atoms with van der Waals surface area (Å²) in [4.78, 5) is 0. The summed E-state index contributed by atoms with van der Waals surface area (Å²) in [5.74, 6) is 0. The van der Waals surface area contributed by atoms with Crippen LogP contribution in [0, 0.1) is 0 Å². The molecule has 1 aromatic heterocycles. The van der Waals surface area contributed by atoms with E-state index in [0.29, 0.717) is 11.3 Å². The Kier molecular flexibility index (Phi) is 5.11. The van der Waals surface area contributed by atoms with Crippen molar-refractivity contribution in [2.45, 2.75) is 43.6 Å². The van der Waals surface area contributed by atoms with E-state index in [1.165, 1.54) is 6.42 Å². The van der Waals surface area contributed by atoms with Crippen LogP contribution in [0.2, 0.25) is 0 Å². The molecule has 86 valence electrons. The molecule has 0 aliphatic heterocycles. The highest BCUT2D eigenvalue weighted by Gasteiger charge is 2.09. The van der Waals surface area contributed by atoms with E-state index in [2.05, 4.69) is 36.3 Å². The molecule has 0 aliphatic rings. The minimum Gasteiger partial charge on any atom is -0.313 e. The summed E-state index contributed by atoms with van der Waals surface area (Å²) in [6.07, 6.45) is 2.90. The van der Waals surface area contributed by atoms with Gasteiger partial charge in [0.2, 0.25) is 0 Å². The largest absolute Gasteiger partial charge is 0.313 e. The SMILES string of the molecule is CCC(C)NCC(C)Sc1nncn1C. The molecule has 1 aromatic rings. The van der Waals surface area contributed by atoms with Crippen molar-refractivity contribution in [3.8, 4) is 0 Å². The number of hydrogen-bond acceptors (Lipinski definition) is 4. The molecule has 0 saturated carbocycles. The maximum Gasteiger partial charge on any atom is 0.191 e. The molecule has 0 spiro atoms. The van der Waals surface area contributed by atoms with E-state index in [-0.39, 0.29) is 0 Å². The molecule has 5 heteroatoms. The molecule has 1 heterocycles. The number of nitrogens with one attached hydrogen (secondary N) is 1. The second kappa shape index (κ2) is 6.12. The predicted molar refractivity (Wildman–Crippen MR) is 64.1 cm³/mol. The van der Waals surface area contributed by atoms with Crippen molar-refractivity contribution >= 4 is 11.8 Å². The third-order valence-electron chi connectivity index (χ3n) is 2.34. The summed E-state index contributed by atoms with van der Waals surface area (Å²) < 4.78 is 1.95. The Morgan fingerprint density at radius 2 is 2.27 bits per heavy atom. The minimum absolute atomic E-state index is 0.516. The van der Waals surface area contributed by atoms with E-state index >= 15 is 0 Å². The predicted octanol–water partition coefficient (Wildman–Crippen LogP) is 1.68. The molecule has 4 nitrogen and oxygen atoms in total. The van der Waals surface area contributed by atoms with Crippen LogP contribution in [0.25, 0.3) is 0 Å². The molecule has 1 rings (SSSR count). The van der Waals surface area contributed by atoms with Gasteiger partial charge in [-0.3, -0.25) is 0 Å². The molecule has 0 radical (unpaired) electrons. The molecule has 0 aliphatic carbocycles. The molecule has 2 atom stereocenters. The van der Waals surface area contributed by atoms with Gasteiger partial charge in [-0.05, 0) is 13.3 Å². The van der Waals surface area contributed by atoms with Crippen LogP contribution in [0.3, 0.4) is 0 Å². The van der Waals surface area contributed by atoms with Gasteiger partial charge in [-0.15, -0.1) is 10.2 Å². The second-order valence-corrected chi connectivity index (χ2v) is 5.28. The highest BCUT2D eigenvalue weighted by atomic mass is 32.2. The highest BCUT2D eigenvalue weighted by Crippen LogP contribution is 2.19. The van der Waals surface area contributed by atoms with Crippen LogP contribution < -0.4 is 5.32 Å². The monoisotopic (exact) mass is 228 g/mol. The van der Waals surface area contributed by atoms with Gasteiger partial charge in [0.1, 0.15) is 6.33 Å². The first-order valence-electron chi connectivity index (χ1n) is 5.37. The topological polar surface area (TPSA) is 42.7 Å². The Balaban J connectivity index is 2.30. The Morgan fingerprint density at radius 3 is 2.80 bits per heavy atom. The molecule has 0 aromatic carbocycles. The lowest BCUT2D eigenvalue weighted by Crippen LogP contribution is -2.30.